The lowest BCUT2D eigenvalue weighted by molar-refractivity contribution is -0.153. The van der Waals surface area contributed by atoms with E-state index in [1.54, 1.807) is 0 Å². The van der Waals surface area contributed by atoms with E-state index in [0.717, 1.165) is 18.4 Å². The molecule has 0 aromatic rings. The van der Waals surface area contributed by atoms with Crippen LogP contribution in [-0.4, -0.2) is 48.9 Å². The molecule has 0 amide bonds. The van der Waals surface area contributed by atoms with E-state index in [2.05, 4.69) is 13.0 Å². The highest BCUT2D eigenvalue weighted by molar-refractivity contribution is 5.87. The number of ketones is 1. The Balaban J connectivity index is 1.72. The highest BCUT2D eigenvalue weighted by Crippen LogP contribution is 2.62. The van der Waals surface area contributed by atoms with E-state index in [1.165, 1.54) is 12.7 Å². The van der Waals surface area contributed by atoms with Crippen LogP contribution in [0.15, 0.2) is 23.3 Å². The lowest BCUT2D eigenvalue weighted by atomic mass is 9.52. The first kappa shape index (κ1) is 21.1. The number of hydrogen-bond donors (Lipinski definition) is 1. The molecule has 0 bridgehead atoms. The summed E-state index contributed by atoms with van der Waals surface area (Å²) in [5.74, 6) is -0.268. The van der Waals surface area contributed by atoms with Crippen LogP contribution in [0.2, 0.25) is 0 Å². The molecule has 0 radical (unpaired) electrons. The van der Waals surface area contributed by atoms with E-state index in [4.69, 9.17) is 19.3 Å². The zero-order valence-electron chi connectivity index (χ0n) is 17.8. The number of aliphatic hydroxyl groups is 1. The summed E-state index contributed by atoms with van der Waals surface area (Å²) in [6, 6.07) is 0. The molecule has 0 aliphatic heterocycles. The summed E-state index contributed by atoms with van der Waals surface area (Å²) in [6.45, 7) is 3.61. The van der Waals surface area contributed by atoms with Crippen LogP contribution in [0.4, 0.5) is 4.79 Å². The highest BCUT2D eigenvalue weighted by atomic mass is 16.7. The standard InChI is InChI=1S/C23H30O7/c1-22-8-6-14(29-19(26)12-24)10-13(22)11-17(30-21(27)28-3)20-15-4-5-18(25)23(15,2)9-7-16(20)22/h7,11,14-15,17,20,24H,4-6,8-10,12H2,1-3H3/t14-,15?,17-,20-,22-,23-/m0/s1. The summed E-state index contributed by atoms with van der Waals surface area (Å²) in [4.78, 5) is 36.3. The van der Waals surface area contributed by atoms with Gasteiger partial charge in [0.25, 0.3) is 0 Å². The number of Topliss-reactive ketones (excluding diaryl/α,β-unsaturated/α-hetero) is 1. The third-order valence-corrected chi connectivity index (χ3v) is 7.98. The third-order valence-electron chi connectivity index (χ3n) is 7.98. The Morgan fingerprint density at radius 2 is 2.00 bits per heavy atom. The lowest BCUT2D eigenvalue weighted by Crippen LogP contribution is -2.50. The van der Waals surface area contributed by atoms with Gasteiger partial charge in [0.05, 0.1) is 7.11 Å². The second-order valence-corrected chi connectivity index (χ2v) is 9.45. The molecule has 2 saturated carbocycles. The number of rotatable bonds is 3. The Morgan fingerprint density at radius 3 is 2.70 bits per heavy atom. The quantitative estimate of drug-likeness (QED) is 0.555. The molecule has 2 fully saturated rings. The fraction of sp³-hybridized carbons (Fsp3) is 0.696. The number of carbonyl (C=O) groups excluding carboxylic acids is 3. The number of esters is 1. The Hall–Kier alpha value is -2.15. The minimum Gasteiger partial charge on any atom is -0.460 e. The maximum Gasteiger partial charge on any atom is 0.508 e. The number of ether oxygens (including phenoxy) is 3. The molecule has 0 aromatic heterocycles. The van der Waals surface area contributed by atoms with Crippen LogP contribution in [-0.2, 0) is 23.8 Å². The number of hydrogen-bond acceptors (Lipinski definition) is 7. The smallest absolute Gasteiger partial charge is 0.460 e. The van der Waals surface area contributed by atoms with E-state index in [0.29, 0.717) is 31.5 Å². The summed E-state index contributed by atoms with van der Waals surface area (Å²) in [6.07, 6.45) is 6.74. The van der Waals surface area contributed by atoms with Gasteiger partial charge >= 0.3 is 12.1 Å². The molecule has 1 unspecified atom stereocenters. The first-order chi connectivity index (χ1) is 14.2. The number of allylic oxidation sites excluding steroid dienone is 1. The summed E-state index contributed by atoms with van der Waals surface area (Å²) < 4.78 is 15.8. The Kier molecular flexibility index (Phi) is 5.29. The van der Waals surface area contributed by atoms with E-state index in [1.807, 2.05) is 13.0 Å². The molecule has 30 heavy (non-hydrogen) atoms. The summed E-state index contributed by atoms with van der Waals surface area (Å²) in [5.41, 5.74) is 1.68. The average Bonchev–Trinajstić information content (AvgIpc) is 3.03. The van der Waals surface area contributed by atoms with Gasteiger partial charge in [0.2, 0.25) is 0 Å². The van der Waals surface area contributed by atoms with Crippen LogP contribution in [0.1, 0.15) is 52.4 Å². The minimum absolute atomic E-state index is 0.0559. The molecule has 7 nitrogen and oxygen atoms in total. The monoisotopic (exact) mass is 418 g/mol. The topological polar surface area (TPSA) is 99.1 Å². The molecule has 4 rings (SSSR count). The lowest BCUT2D eigenvalue weighted by Gasteiger charge is -2.54. The van der Waals surface area contributed by atoms with Crippen LogP contribution >= 0.6 is 0 Å². The van der Waals surface area contributed by atoms with Crippen LogP contribution < -0.4 is 0 Å². The first-order valence-corrected chi connectivity index (χ1v) is 10.7. The van der Waals surface area contributed by atoms with Gasteiger partial charge in [0.15, 0.2) is 0 Å². The van der Waals surface area contributed by atoms with Gasteiger partial charge in [0.1, 0.15) is 24.6 Å². The molecule has 4 aliphatic rings. The summed E-state index contributed by atoms with van der Waals surface area (Å²) >= 11 is 0. The Morgan fingerprint density at radius 1 is 1.23 bits per heavy atom. The fourth-order valence-electron chi connectivity index (χ4n) is 6.27. The molecule has 1 N–H and O–H groups in total. The van der Waals surface area contributed by atoms with Crippen LogP contribution in [0.5, 0.6) is 0 Å². The number of aliphatic hydroxyl groups excluding tert-OH is 1. The van der Waals surface area contributed by atoms with Gasteiger partial charge in [-0.3, -0.25) is 4.79 Å². The molecular weight excluding hydrogens is 388 g/mol. The minimum atomic E-state index is -0.740. The van der Waals surface area contributed by atoms with Gasteiger partial charge in [-0.25, -0.2) is 9.59 Å². The van der Waals surface area contributed by atoms with Crippen LogP contribution in [0.3, 0.4) is 0 Å². The molecular formula is C23H30O7. The zero-order chi connectivity index (χ0) is 21.7. The predicted octanol–water partition coefficient (Wildman–Crippen LogP) is 3.10. The SMILES string of the molecule is COC(=O)O[C@H]1C=C2C[C@@H](OC(=O)CO)CC[C@]2(C)C2=CC[C@]3(C)C(=O)CCC3[C@@H]21. The molecule has 7 heteroatoms. The van der Waals surface area contributed by atoms with Gasteiger partial charge in [0, 0.05) is 29.6 Å². The van der Waals surface area contributed by atoms with Crippen molar-refractivity contribution in [2.45, 2.75) is 64.6 Å². The van der Waals surface area contributed by atoms with E-state index < -0.39 is 30.3 Å². The fourth-order valence-corrected chi connectivity index (χ4v) is 6.27. The summed E-state index contributed by atoms with van der Waals surface area (Å²) in [5, 5.41) is 9.01. The molecule has 0 spiro atoms. The van der Waals surface area contributed by atoms with Crippen molar-refractivity contribution in [1.82, 2.24) is 0 Å². The van der Waals surface area contributed by atoms with Gasteiger partial charge in [-0.2, -0.15) is 0 Å². The molecule has 4 aliphatic carbocycles. The van der Waals surface area contributed by atoms with Gasteiger partial charge in [-0.15, -0.1) is 0 Å². The number of carbonyl (C=O) groups is 3. The van der Waals surface area contributed by atoms with Crippen molar-refractivity contribution in [2.75, 3.05) is 13.7 Å². The molecule has 164 valence electrons. The maximum atomic E-state index is 12.7. The normalized spacial score (nSPS) is 39.7. The van der Waals surface area contributed by atoms with Crippen molar-refractivity contribution in [3.8, 4) is 0 Å². The zero-order valence-corrected chi connectivity index (χ0v) is 17.8. The van der Waals surface area contributed by atoms with E-state index in [9.17, 15) is 14.4 Å². The van der Waals surface area contributed by atoms with E-state index in [-0.39, 0.29) is 23.4 Å². The Bertz CT molecular complexity index is 827. The van der Waals surface area contributed by atoms with Crippen molar-refractivity contribution >= 4 is 17.9 Å². The van der Waals surface area contributed by atoms with Crippen molar-refractivity contribution in [2.24, 2.45) is 22.7 Å². The Labute approximate surface area is 176 Å². The van der Waals surface area contributed by atoms with Crippen molar-refractivity contribution in [3.63, 3.8) is 0 Å². The molecule has 6 atom stereocenters. The molecule has 0 aromatic carbocycles. The second-order valence-electron chi connectivity index (χ2n) is 9.45. The van der Waals surface area contributed by atoms with Gasteiger partial charge in [-0.1, -0.05) is 31.1 Å². The first-order valence-electron chi connectivity index (χ1n) is 10.7. The van der Waals surface area contributed by atoms with Crippen molar-refractivity contribution in [3.05, 3.63) is 23.3 Å². The largest absolute Gasteiger partial charge is 0.508 e. The molecule has 0 heterocycles. The van der Waals surface area contributed by atoms with Crippen molar-refractivity contribution in [1.29, 1.82) is 0 Å². The van der Waals surface area contributed by atoms with Gasteiger partial charge < -0.3 is 19.3 Å². The number of methoxy groups -OCH3 is 1. The van der Waals surface area contributed by atoms with Crippen molar-refractivity contribution < 1.29 is 33.7 Å². The van der Waals surface area contributed by atoms with Crippen LogP contribution in [0, 0.1) is 22.7 Å². The van der Waals surface area contributed by atoms with E-state index >= 15 is 0 Å². The maximum absolute atomic E-state index is 12.7. The molecule has 0 saturated heterocycles. The van der Waals surface area contributed by atoms with Crippen LogP contribution in [0.25, 0.3) is 0 Å². The number of fused-ring (bicyclic) bond motifs is 5. The van der Waals surface area contributed by atoms with Gasteiger partial charge in [-0.05, 0) is 37.7 Å². The highest BCUT2D eigenvalue weighted by Gasteiger charge is 2.58. The predicted molar refractivity (Wildman–Crippen MR) is 106 cm³/mol. The summed E-state index contributed by atoms with van der Waals surface area (Å²) in [7, 11) is 1.29. The average molecular weight is 418 g/mol. The second kappa shape index (κ2) is 7.52. The third kappa shape index (κ3) is 3.18.